The molecular weight excluding hydrogens is 158 g/mol. The lowest BCUT2D eigenvalue weighted by atomic mass is 10.6. The Morgan fingerprint density at radius 3 is 1.82 bits per heavy atom. The summed E-state index contributed by atoms with van der Waals surface area (Å²) < 4.78 is 0. The van der Waals surface area contributed by atoms with Gasteiger partial charge in [-0.15, -0.1) is 5.06 Å². The second-order valence-electron chi connectivity index (χ2n) is 1.37. The lowest BCUT2D eigenvalue weighted by molar-refractivity contribution is -0.176. The molecule has 62 valence electrons. The van der Waals surface area contributed by atoms with Crippen LogP contribution in [0.25, 0.3) is 0 Å². The zero-order chi connectivity index (χ0) is 9.02. The van der Waals surface area contributed by atoms with Gasteiger partial charge in [0.15, 0.2) is 0 Å². The van der Waals surface area contributed by atoms with Crippen molar-refractivity contribution in [1.29, 1.82) is 0 Å². The molecule has 2 amide bonds. The standard InChI is InChI=1S/C4H5NO6/c1-11-5(4(9)10)2(6)3(7)8/h1H3,(H,7,8)(H,9,10). The maximum Gasteiger partial charge on any atom is 0.439 e. The highest BCUT2D eigenvalue weighted by Gasteiger charge is 2.26. The second kappa shape index (κ2) is 3.52. The summed E-state index contributed by atoms with van der Waals surface area (Å²) in [4.78, 5) is 34.1. The van der Waals surface area contributed by atoms with Gasteiger partial charge in [0, 0.05) is 0 Å². The normalized spacial score (nSPS) is 8.82. The van der Waals surface area contributed by atoms with E-state index in [2.05, 4.69) is 4.84 Å². The summed E-state index contributed by atoms with van der Waals surface area (Å²) in [7, 11) is 0.870. The van der Waals surface area contributed by atoms with E-state index >= 15 is 0 Å². The molecule has 0 saturated carbocycles. The van der Waals surface area contributed by atoms with Crippen molar-refractivity contribution in [3.8, 4) is 0 Å². The van der Waals surface area contributed by atoms with E-state index in [0.717, 1.165) is 7.11 Å². The number of rotatable bonds is 1. The third-order valence-corrected chi connectivity index (χ3v) is 0.724. The number of carboxylic acid groups (broad SMARTS) is 2. The van der Waals surface area contributed by atoms with Crippen molar-refractivity contribution in [3.05, 3.63) is 0 Å². The Kier molecular flexibility index (Phi) is 3.00. The molecule has 11 heavy (non-hydrogen) atoms. The van der Waals surface area contributed by atoms with Crippen LogP contribution in [0.15, 0.2) is 0 Å². The van der Waals surface area contributed by atoms with Crippen LogP contribution in [0.4, 0.5) is 4.79 Å². The summed E-state index contributed by atoms with van der Waals surface area (Å²) in [5.74, 6) is -3.55. The van der Waals surface area contributed by atoms with E-state index in [4.69, 9.17) is 10.2 Å². The van der Waals surface area contributed by atoms with Crippen molar-refractivity contribution >= 4 is 18.0 Å². The second-order valence-corrected chi connectivity index (χ2v) is 1.37. The molecule has 0 atom stereocenters. The smallest absolute Gasteiger partial charge is 0.439 e. The van der Waals surface area contributed by atoms with E-state index < -0.39 is 18.0 Å². The molecule has 0 fully saturated rings. The number of imide groups is 1. The number of nitrogens with zero attached hydrogens (tertiary/aromatic N) is 1. The van der Waals surface area contributed by atoms with Crippen molar-refractivity contribution in [3.63, 3.8) is 0 Å². The number of hydrogen-bond acceptors (Lipinski definition) is 4. The van der Waals surface area contributed by atoms with E-state index in [9.17, 15) is 14.4 Å². The van der Waals surface area contributed by atoms with Gasteiger partial charge < -0.3 is 10.2 Å². The Labute approximate surface area is 60.7 Å². The first kappa shape index (κ1) is 9.37. The summed E-state index contributed by atoms with van der Waals surface area (Å²) in [5.41, 5.74) is 0. The number of hydrogen-bond donors (Lipinski definition) is 2. The average molecular weight is 163 g/mol. The first-order valence-electron chi connectivity index (χ1n) is 2.35. The molecule has 0 aliphatic rings. The van der Waals surface area contributed by atoms with Crippen LogP contribution in [0.1, 0.15) is 0 Å². The van der Waals surface area contributed by atoms with Gasteiger partial charge in [-0.05, 0) is 0 Å². The molecular formula is C4H5NO6. The summed E-state index contributed by atoms with van der Waals surface area (Å²) in [6.45, 7) is 0. The maximum absolute atomic E-state index is 10.3. The Morgan fingerprint density at radius 2 is 1.73 bits per heavy atom. The third-order valence-electron chi connectivity index (χ3n) is 0.724. The van der Waals surface area contributed by atoms with Crippen molar-refractivity contribution in [2.24, 2.45) is 0 Å². The van der Waals surface area contributed by atoms with Gasteiger partial charge in [-0.1, -0.05) is 0 Å². The van der Waals surface area contributed by atoms with Gasteiger partial charge in [-0.25, -0.2) is 9.59 Å². The maximum atomic E-state index is 10.3. The van der Waals surface area contributed by atoms with Gasteiger partial charge >= 0.3 is 18.0 Å². The zero-order valence-electron chi connectivity index (χ0n) is 5.47. The molecule has 0 rings (SSSR count). The summed E-state index contributed by atoms with van der Waals surface area (Å²) in [5, 5.41) is 15.8. The van der Waals surface area contributed by atoms with Crippen LogP contribution in [0.2, 0.25) is 0 Å². The van der Waals surface area contributed by atoms with Crippen molar-refractivity contribution in [2.75, 3.05) is 7.11 Å². The lowest BCUT2D eigenvalue weighted by Crippen LogP contribution is -2.39. The van der Waals surface area contributed by atoms with Gasteiger partial charge in [0.05, 0.1) is 7.11 Å². The number of amides is 2. The molecule has 0 saturated heterocycles. The highest BCUT2D eigenvalue weighted by Crippen LogP contribution is 1.90. The number of carbonyl (C=O) groups excluding carboxylic acids is 1. The first-order valence-corrected chi connectivity index (χ1v) is 2.35. The van der Waals surface area contributed by atoms with E-state index in [1.54, 1.807) is 0 Å². The number of carbonyl (C=O) groups is 3. The Bertz CT molecular complexity index is 199. The predicted molar refractivity (Wildman–Crippen MR) is 29.5 cm³/mol. The Balaban J connectivity index is 4.39. The molecule has 0 spiro atoms. The molecule has 0 radical (unpaired) electrons. The Morgan fingerprint density at radius 1 is 1.27 bits per heavy atom. The van der Waals surface area contributed by atoms with Gasteiger partial charge in [0.25, 0.3) is 0 Å². The summed E-state index contributed by atoms with van der Waals surface area (Å²) in [6, 6.07) is 0. The minimum Gasteiger partial charge on any atom is -0.474 e. The lowest BCUT2D eigenvalue weighted by Gasteiger charge is -2.09. The van der Waals surface area contributed by atoms with Crippen molar-refractivity contribution < 1.29 is 29.4 Å². The molecule has 0 aliphatic heterocycles. The molecule has 0 unspecified atom stereocenters. The monoisotopic (exact) mass is 163 g/mol. The molecule has 0 aromatic carbocycles. The summed E-state index contributed by atoms with van der Waals surface area (Å²) >= 11 is 0. The predicted octanol–water partition coefficient (Wildman–Crippen LogP) is -0.861. The van der Waals surface area contributed by atoms with Crippen LogP contribution >= 0.6 is 0 Å². The fourth-order valence-corrected chi connectivity index (χ4v) is 0.335. The average Bonchev–Trinajstić information content (AvgIpc) is 1.88. The van der Waals surface area contributed by atoms with Crippen LogP contribution in [0, 0.1) is 0 Å². The quantitative estimate of drug-likeness (QED) is 0.385. The third kappa shape index (κ3) is 2.22. The number of hydroxylamine groups is 2. The molecule has 0 aromatic heterocycles. The largest absolute Gasteiger partial charge is 0.474 e. The van der Waals surface area contributed by atoms with Crippen LogP contribution in [-0.2, 0) is 14.4 Å². The molecule has 0 bridgehead atoms. The topological polar surface area (TPSA) is 104 Å². The molecule has 0 aromatic rings. The van der Waals surface area contributed by atoms with E-state index in [1.807, 2.05) is 0 Å². The van der Waals surface area contributed by atoms with Crippen LogP contribution < -0.4 is 0 Å². The van der Waals surface area contributed by atoms with E-state index in [1.165, 1.54) is 0 Å². The molecule has 2 N–H and O–H groups in total. The summed E-state index contributed by atoms with van der Waals surface area (Å²) in [6.07, 6.45) is -1.78. The highest BCUT2D eigenvalue weighted by molar-refractivity contribution is 6.33. The minimum absolute atomic E-state index is 0.289. The van der Waals surface area contributed by atoms with E-state index in [-0.39, 0.29) is 5.06 Å². The zero-order valence-corrected chi connectivity index (χ0v) is 5.47. The molecule has 0 heterocycles. The van der Waals surface area contributed by atoms with Crippen LogP contribution in [0.5, 0.6) is 0 Å². The van der Waals surface area contributed by atoms with Gasteiger partial charge in [-0.3, -0.25) is 9.63 Å². The number of carboxylic acids is 1. The SMILES string of the molecule is CON(C(=O)O)C(=O)C(=O)O. The number of aliphatic carboxylic acids is 1. The van der Waals surface area contributed by atoms with Crippen molar-refractivity contribution in [2.45, 2.75) is 0 Å². The fourth-order valence-electron chi connectivity index (χ4n) is 0.335. The minimum atomic E-state index is -1.89. The first-order chi connectivity index (χ1) is 5.00. The van der Waals surface area contributed by atoms with Crippen LogP contribution in [-0.4, -0.2) is 40.4 Å². The Hall–Kier alpha value is -1.63. The van der Waals surface area contributed by atoms with E-state index in [0.29, 0.717) is 0 Å². The van der Waals surface area contributed by atoms with Gasteiger partial charge in [-0.2, -0.15) is 0 Å². The van der Waals surface area contributed by atoms with Gasteiger partial charge in [0.2, 0.25) is 0 Å². The fraction of sp³-hybridized carbons (Fsp3) is 0.250. The van der Waals surface area contributed by atoms with Crippen LogP contribution in [0.3, 0.4) is 0 Å². The highest BCUT2D eigenvalue weighted by atomic mass is 16.7. The van der Waals surface area contributed by atoms with Gasteiger partial charge in [0.1, 0.15) is 0 Å². The molecule has 7 nitrogen and oxygen atoms in total. The molecule has 7 heteroatoms. The van der Waals surface area contributed by atoms with Crippen molar-refractivity contribution in [1.82, 2.24) is 5.06 Å². The molecule has 0 aliphatic carbocycles.